The number of aromatic nitrogens is 1. The van der Waals surface area contributed by atoms with Crippen LogP contribution in [0, 0.1) is 0 Å². The van der Waals surface area contributed by atoms with Gasteiger partial charge in [-0.2, -0.15) is 15.7 Å². The Bertz CT molecular complexity index is 778. The van der Waals surface area contributed by atoms with E-state index in [0.29, 0.717) is 6.42 Å². The Labute approximate surface area is 130 Å². The van der Waals surface area contributed by atoms with Gasteiger partial charge in [-0.05, 0) is 33.9 Å². The molecule has 0 bridgehead atoms. The molecule has 4 rings (SSSR count). The van der Waals surface area contributed by atoms with Crippen molar-refractivity contribution in [2.45, 2.75) is 12.3 Å². The third-order valence-electron chi connectivity index (χ3n) is 3.68. The van der Waals surface area contributed by atoms with Gasteiger partial charge in [0, 0.05) is 17.9 Å². The Hall–Kier alpha value is -1.98. The minimum absolute atomic E-state index is 0.0658. The highest BCUT2D eigenvalue weighted by atomic mass is 32.1. The molecule has 0 aliphatic carbocycles. The average molecular weight is 312 g/mol. The van der Waals surface area contributed by atoms with Gasteiger partial charge >= 0.3 is 0 Å². The summed E-state index contributed by atoms with van der Waals surface area (Å²) in [5.74, 6) is 0.200. The first kappa shape index (κ1) is 12.7. The number of hydrogen-bond acceptors (Lipinski definition) is 4. The summed E-state index contributed by atoms with van der Waals surface area (Å²) >= 11 is 3.16. The van der Waals surface area contributed by atoms with Gasteiger partial charge in [-0.15, -0.1) is 0 Å². The predicted molar refractivity (Wildman–Crippen MR) is 87.0 cm³/mol. The Morgan fingerprint density at radius 3 is 2.81 bits per heavy atom. The first-order valence-electron chi connectivity index (χ1n) is 6.70. The van der Waals surface area contributed by atoms with Gasteiger partial charge in [-0.3, -0.25) is 4.79 Å². The first-order chi connectivity index (χ1) is 10.3. The first-order valence-corrected chi connectivity index (χ1v) is 8.41. The number of anilines is 1. The predicted octanol–water partition coefficient (Wildman–Crippen LogP) is 4.35. The van der Waals surface area contributed by atoms with Crippen LogP contribution in [0.2, 0.25) is 0 Å². The van der Waals surface area contributed by atoms with E-state index in [0.717, 1.165) is 21.8 Å². The summed E-state index contributed by atoms with van der Waals surface area (Å²) in [5.41, 5.74) is 4.02. The molecule has 0 radical (unpaired) electrons. The van der Waals surface area contributed by atoms with Gasteiger partial charge in [0.05, 0.1) is 10.6 Å². The number of benzene rings is 1. The minimum Gasteiger partial charge on any atom is -0.323 e. The van der Waals surface area contributed by atoms with E-state index >= 15 is 0 Å². The van der Waals surface area contributed by atoms with Crippen molar-refractivity contribution in [2.24, 2.45) is 0 Å². The van der Waals surface area contributed by atoms with Gasteiger partial charge in [0.2, 0.25) is 5.91 Å². The molecule has 2 aromatic heterocycles. The molecule has 0 fully saturated rings. The highest BCUT2D eigenvalue weighted by molar-refractivity contribution is 7.08. The summed E-state index contributed by atoms with van der Waals surface area (Å²) < 4.78 is 4.59. The lowest BCUT2D eigenvalue weighted by atomic mass is 9.91. The summed E-state index contributed by atoms with van der Waals surface area (Å²) in [4.78, 5) is 13.2. The zero-order valence-corrected chi connectivity index (χ0v) is 12.7. The van der Waals surface area contributed by atoms with Crippen molar-refractivity contribution in [3.05, 3.63) is 57.6 Å². The van der Waals surface area contributed by atoms with E-state index in [2.05, 4.69) is 26.5 Å². The van der Waals surface area contributed by atoms with Gasteiger partial charge in [0.15, 0.2) is 0 Å². The van der Waals surface area contributed by atoms with Crippen LogP contribution in [0.5, 0.6) is 0 Å². The van der Waals surface area contributed by atoms with Crippen molar-refractivity contribution >= 4 is 34.5 Å². The van der Waals surface area contributed by atoms with Gasteiger partial charge in [-0.1, -0.05) is 30.3 Å². The molecular formula is C16H12N2OS2. The average Bonchev–Trinajstić information content (AvgIpc) is 3.17. The molecule has 0 spiro atoms. The molecular weight excluding hydrogens is 300 g/mol. The number of thiophene rings is 1. The molecule has 21 heavy (non-hydrogen) atoms. The van der Waals surface area contributed by atoms with E-state index in [-0.39, 0.29) is 11.8 Å². The molecule has 1 amide bonds. The van der Waals surface area contributed by atoms with Crippen molar-refractivity contribution in [1.29, 1.82) is 0 Å². The highest BCUT2D eigenvalue weighted by Gasteiger charge is 2.31. The van der Waals surface area contributed by atoms with Crippen molar-refractivity contribution in [2.75, 3.05) is 5.32 Å². The third kappa shape index (κ3) is 2.18. The molecule has 1 atom stereocenters. The second-order valence-corrected chi connectivity index (χ2v) is 6.58. The molecule has 1 N–H and O–H groups in total. The zero-order chi connectivity index (χ0) is 14.2. The molecule has 3 heterocycles. The third-order valence-corrected chi connectivity index (χ3v) is 5.34. The Kier molecular flexibility index (Phi) is 3.09. The number of fused-ring (bicyclic) bond motifs is 1. The van der Waals surface area contributed by atoms with Gasteiger partial charge in [-0.25, -0.2) is 0 Å². The van der Waals surface area contributed by atoms with Crippen LogP contribution >= 0.6 is 22.9 Å². The number of amides is 1. The van der Waals surface area contributed by atoms with Gasteiger partial charge in [0.1, 0.15) is 5.69 Å². The summed E-state index contributed by atoms with van der Waals surface area (Å²) in [7, 11) is 0. The van der Waals surface area contributed by atoms with E-state index in [1.54, 1.807) is 11.3 Å². The maximum Gasteiger partial charge on any atom is 0.225 e. The van der Waals surface area contributed by atoms with E-state index < -0.39 is 0 Å². The summed E-state index contributed by atoms with van der Waals surface area (Å²) in [6.45, 7) is 0. The van der Waals surface area contributed by atoms with E-state index in [9.17, 15) is 4.79 Å². The summed E-state index contributed by atoms with van der Waals surface area (Å²) in [5, 5.41) is 7.19. The van der Waals surface area contributed by atoms with Crippen LogP contribution in [0.25, 0.3) is 11.3 Å². The maximum absolute atomic E-state index is 12.1. The second-order valence-electron chi connectivity index (χ2n) is 5.00. The number of nitrogens with zero attached hydrogens (tertiary/aromatic N) is 1. The second kappa shape index (κ2) is 5.09. The molecule has 5 heteroatoms. The number of nitrogens with one attached hydrogen (secondary N) is 1. The van der Waals surface area contributed by atoms with Gasteiger partial charge < -0.3 is 5.32 Å². The fourth-order valence-corrected chi connectivity index (χ4v) is 4.35. The van der Waals surface area contributed by atoms with E-state index in [1.165, 1.54) is 17.1 Å². The number of hydrogen-bond donors (Lipinski definition) is 1. The van der Waals surface area contributed by atoms with Crippen LogP contribution in [-0.2, 0) is 4.79 Å². The quantitative estimate of drug-likeness (QED) is 0.764. The van der Waals surface area contributed by atoms with Crippen molar-refractivity contribution in [3.63, 3.8) is 0 Å². The monoisotopic (exact) mass is 312 g/mol. The van der Waals surface area contributed by atoms with Gasteiger partial charge in [0.25, 0.3) is 0 Å². The van der Waals surface area contributed by atoms with E-state index in [1.807, 2.05) is 30.3 Å². The van der Waals surface area contributed by atoms with Crippen LogP contribution in [0.1, 0.15) is 22.8 Å². The Balaban J connectivity index is 1.84. The van der Waals surface area contributed by atoms with Crippen LogP contribution in [0.3, 0.4) is 0 Å². The number of carbonyl (C=O) groups excluding carboxylic acids is 1. The lowest BCUT2D eigenvalue weighted by Crippen LogP contribution is -2.22. The molecule has 0 saturated heterocycles. The molecule has 3 nitrogen and oxygen atoms in total. The minimum atomic E-state index is 0.0658. The Morgan fingerprint density at radius 2 is 2.05 bits per heavy atom. The topological polar surface area (TPSA) is 42.0 Å². The molecule has 0 unspecified atom stereocenters. The number of rotatable bonds is 2. The van der Waals surface area contributed by atoms with Crippen LogP contribution in [0.15, 0.2) is 47.2 Å². The molecule has 3 aromatic rings. The standard InChI is InChI=1S/C16H12N2OS2/c19-13-8-12(11-6-7-20-9-11)16-15(17-13)14(18-21-16)10-4-2-1-3-5-10/h1-7,9,12H,8H2,(H,17,19)/t12-/m0/s1. The Morgan fingerprint density at radius 1 is 1.19 bits per heavy atom. The zero-order valence-electron chi connectivity index (χ0n) is 11.1. The molecule has 1 aliphatic heterocycles. The number of carbonyl (C=O) groups is 1. The molecule has 1 aromatic carbocycles. The highest BCUT2D eigenvalue weighted by Crippen LogP contribution is 2.44. The SMILES string of the molecule is O=C1C[C@@H](c2ccsc2)c2snc(-c3ccccc3)c2N1. The molecule has 104 valence electrons. The van der Waals surface area contributed by atoms with Crippen LogP contribution in [-0.4, -0.2) is 10.3 Å². The van der Waals surface area contributed by atoms with Crippen LogP contribution in [0.4, 0.5) is 5.69 Å². The largest absolute Gasteiger partial charge is 0.323 e. The van der Waals surface area contributed by atoms with Crippen LogP contribution < -0.4 is 5.32 Å². The fraction of sp³-hybridized carbons (Fsp3) is 0.125. The lowest BCUT2D eigenvalue weighted by molar-refractivity contribution is -0.116. The fourth-order valence-electron chi connectivity index (χ4n) is 2.67. The maximum atomic E-state index is 12.1. The lowest BCUT2D eigenvalue weighted by Gasteiger charge is -2.21. The summed E-state index contributed by atoms with van der Waals surface area (Å²) in [6, 6.07) is 12.1. The smallest absolute Gasteiger partial charge is 0.225 e. The molecule has 1 aliphatic rings. The summed E-state index contributed by atoms with van der Waals surface area (Å²) in [6.07, 6.45) is 0.500. The molecule has 0 saturated carbocycles. The van der Waals surface area contributed by atoms with Crippen molar-refractivity contribution in [3.8, 4) is 11.3 Å². The van der Waals surface area contributed by atoms with Crippen molar-refractivity contribution < 1.29 is 4.79 Å². The normalized spacial score (nSPS) is 17.3. The van der Waals surface area contributed by atoms with E-state index in [4.69, 9.17) is 0 Å². The van der Waals surface area contributed by atoms with Crippen molar-refractivity contribution in [1.82, 2.24) is 4.37 Å².